The molecular weight excluding hydrogens is 490 g/mol. The number of anilines is 2. The number of ketones is 1. The number of carbonyl (C=O) groups excluding carboxylic acids is 1. The summed E-state index contributed by atoms with van der Waals surface area (Å²) in [5, 5.41) is 19.0. The van der Waals surface area contributed by atoms with Crippen molar-refractivity contribution < 1.29 is 28.7 Å². The van der Waals surface area contributed by atoms with Crippen molar-refractivity contribution in [2.24, 2.45) is 0 Å². The van der Waals surface area contributed by atoms with Gasteiger partial charge in [0.1, 0.15) is 0 Å². The van der Waals surface area contributed by atoms with Crippen molar-refractivity contribution in [2.45, 2.75) is 24.8 Å². The van der Waals surface area contributed by atoms with Crippen molar-refractivity contribution in [1.82, 2.24) is 0 Å². The summed E-state index contributed by atoms with van der Waals surface area (Å²) in [4.78, 5) is 25.5. The van der Waals surface area contributed by atoms with E-state index in [0.29, 0.717) is 40.6 Å². The average Bonchev–Trinajstić information content (AvgIpc) is 3.32. The van der Waals surface area contributed by atoms with Gasteiger partial charge in [0.15, 0.2) is 28.8 Å². The van der Waals surface area contributed by atoms with Crippen molar-refractivity contribution in [3.8, 4) is 23.0 Å². The van der Waals surface area contributed by atoms with Crippen LogP contribution in [0.5, 0.6) is 23.0 Å². The van der Waals surface area contributed by atoms with Crippen LogP contribution in [0.4, 0.5) is 17.1 Å². The van der Waals surface area contributed by atoms with Crippen LogP contribution in [0.1, 0.15) is 35.9 Å². The van der Waals surface area contributed by atoms with Crippen LogP contribution in [-0.4, -0.2) is 31.7 Å². The zero-order chi connectivity index (χ0) is 26.4. The second-order valence-corrected chi connectivity index (χ2v) is 9.30. The fourth-order valence-corrected chi connectivity index (χ4v) is 5.40. The third-order valence-electron chi connectivity index (χ3n) is 7.22. The third-order valence-corrected chi connectivity index (χ3v) is 7.22. The maximum atomic E-state index is 13.9. The van der Waals surface area contributed by atoms with Crippen LogP contribution < -0.4 is 29.6 Å². The lowest BCUT2D eigenvalue weighted by atomic mass is 9.78. The molecular formula is C28H25N3O7. The van der Waals surface area contributed by atoms with Gasteiger partial charge in [0.2, 0.25) is 6.79 Å². The molecule has 0 radical (unpaired) electrons. The quantitative estimate of drug-likeness (QED) is 0.343. The molecule has 2 atom stereocenters. The molecule has 0 aromatic heterocycles. The van der Waals surface area contributed by atoms with E-state index in [1.165, 1.54) is 6.07 Å². The Bertz CT molecular complexity index is 1500. The first kappa shape index (κ1) is 23.7. The third kappa shape index (κ3) is 3.94. The van der Waals surface area contributed by atoms with Crippen molar-refractivity contribution in [3.63, 3.8) is 0 Å². The highest BCUT2D eigenvalue weighted by atomic mass is 16.7. The second-order valence-electron chi connectivity index (χ2n) is 9.30. The number of nitrogens with one attached hydrogen (secondary N) is 2. The number of ether oxygens (including phenoxy) is 4. The Labute approximate surface area is 218 Å². The van der Waals surface area contributed by atoms with Gasteiger partial charge < -0.3 is 29.6 Å². The number of fused-ring (bicyclic) bond motifs is 2. The molecule has 2 heterocycles. The van der Waals surface area contributed by atoms with Crippen LogP contribution in [0.2, 0.25) is 0 Å². The first-order valence-corrected chi connectivity index (χ1v) is 12.2. The van der Waals surface area contributed by atoms with Gasteiger partial charge in [-0.15, -0.1) is 0 Å². The van der Waals surface area contributed by atoms with Crippen molar-refractivity contribution in [3.05, 3.63) is 87.1 Å². The first-order valence-electron chi connectivity index (χ1n) is 12.2. The fraction of sp³-hybridized carbons (Fsp3) is 0.250. The summed E-state index contributed by atoms with van der Waals surface area (Å²) in [7, 11) is 3.15. The molecule has 10 nitrogen and oxygen atoms in total. The summed E-state index contributed by atoms with van der Waals surface area (Å²) < 4.78 is 21.8. The van der Waals surface area contributed by atoms with Crippen LogP contribution in [0.25, 0.3) is 0 Å². The molecule has 0 unspecified atom stereocenters. The molecule has 0 amide bonds. The number of methoxy groups -OCH3 is 2. The Morgan fingerprint density at radius 2 is 1.68 bits per heavy atom. The van der Waals surface area contributed by atoms with Gasteiger partial charge in [-0.05, 0) is 48.2 Å². The van der Waals surface area contributed by atoms with Gasteiger partial charge >= 0.3 is 0 Å². The number of allylic oxidation sites excluding steroid dienone is 1. The van der Waals surface area contributed by atoms with E-state index in [0.717, 1.165) is 22.6 Å². The lowest BCUT2D eigenvalue weighted by Crippen LogP contribution is -2.27. The van der Waals surface area contributed by atoms with Crippen LogP contribution in [0.15, 0.2) is 65.9 Å². The second kappa shape index (κ2) is 9.29. The van der Waals surface area contributed by atoms with E-state index < -0.39 is 11.0 Å². The van der Waals surface area contributed by atoms with Gasteiger partial charge in [-0.3, -0.25) is 14.9 Å². The zero-order valence-electron chi connectivity index (χ0n) is 20.8. The van der Waals surface area contributed by atoms with Crippen LogP contribution in [0, 0.1) is 10.1 Å². The number of hydrogen-bond donors (Lipinski definition) is 2. The van der Waals surface area contributed by atoms with Crippen molar-refractivity contribution in [1.29, 1.82) is 0 Å². The molecule has 2 N–H and O–H groups in total. The molecule has 38 heavy (non-hydrogen) atoms. The van der Waals surface area contributed by atoms with E-state index >= 15 is 0 Å². The fourth-order valence-electron chi connectivity index (χ4n) is 5.40. The monoisotopic (exact) mass is 515 g/mol. The molecule has 0 saturated carbocycles. The minimum absolute atomic E-state index is 0.0156. The molecule has 0 fully saturated rings. The standard InChI is InChI=1S/C28H25N3O7/c1-35-23-8-7-15(11-24(23)36-2)16-9-20-27(22(32)10-16)28(30-19-6-4-3-5-18(19)29-20)17-12-25-26(38-14-37-25)13-21(17)31(33)34/h3-8,11-13,16,28-30H,9-10,14H2,1-2H3/t16-,28+/m0/s1. The largest absolute Gasteiger partial charge is 0.493 e. The Morgan fingerprint density at radius 3 is 2.42 bits per heavy atom. The predicted molar refractivity (Wildman–Crippen MR) is 139 cm³/mol. The minimum Gasteiger partial charge on any atom is -0.493 e. The number of benzene rings is 3. The Balaban J connectivity index is 1.48. The molecule has 1 aliphatic carbocycles. The van der Waals surface area contributed by atoms with Gasteiger partial charge in [-0.2, -0.15) is 0 Å². The topological polar surface area (TPSA) is 121 Å². The van der Waals surface area contributed by atoms with Gasteiger partial charge in [0.05, 0.1) is 48.2 Å². The maximum Gasteiger partial charge on any atom is 0.279 e. The normalized spacial score (nSPS) is 19.5. The SMILES string of the molecule is COc1ccc([C@@H]2CC(=O)C3=C(C2)Nc2ccccc2N[C@@H]3c2cc3c(cc2[N+](=O)[O-])OCO3)cc1OC. The maximum absolute atomic E-state index is 13.9. The van der Waals surface area contributed by atoms with Gasteiger partial charge in [0.25, 0.3) is 5.69 Å². The van der Waals surface area contributed by atoms with Crippen LogP contribution in [-0.2, 0) is 4.79 Å². The number of nitro benzene ring substituents is 1. The minimum atomic E-state index is -0.769. The summed E-state index contributed by atoms with van der Waals surface area (Å²) in [6, 6.07) is 15.4. The molecule has 2 aliphatic heterocycles. The molecule has 0 saturated heterocycles. The van der Waals surface area contributed by atoms with E-state index in [4.69, 9.17) is 18.9 Å². The number of nitrogens with zero attached hydrogens (tertiary/aromatic N) is 1. The summed E-state index contributed by atoms with van der Waals surface area (Å²) in [6.45, 7) is -0.0156. The van der Waals surface area contributed by atoms with Gasteiger partial charge in [0, 0.05) is 17.7 Å². The number of nitro groups is 1. The summed E-state index contributed by atoms with van der Waals surface area (Å²) in [5.41, 5.74) is 3.84. The van der Waals surface area contributed by atoms with E-state index in [1.54, 1.807) is 20.3 Å². The molecule has 0 spiro atoms. The van der Waals surface area contributed by atoms with Crippen molar-refractivity contribution >= 4 is 22.8 Å². The first-order chi connectivity index (χ1) is 18.5. The molecule has 0 bridgehead atoms. The zero-order valence-corrected chi connectivity index (χ0v) is 20.8. The number of para-hydroxylation sites is 2. The Kier molecular flexibility index (Phi) is 5.79. The molecule has 3 aromatic rings. The number of carbonyl (C=O) groups is 1. The van der Waals surface area contributed by atoms with E-state index in [1.807, 2.05) is 42.5 Å². The van der Waals surface area contributed by atoms with Crippen LogP contribution in [0.3, 0.4) is 0 Å². The number of Topliss-reactive ketones (excluding diaryl/α,β-unsaturated/α-hetero) is 1. The van der Waals surface area contributed by atoms with E-state index in [-0.39, 0.29) is 30.6 Å². The highest BCUT2D eigenvalue weighted by molar-refractivity contribution is 6.01. The lowest BCUT2D eigenvalue weighted by Gasteiger charge is -2.30. The number of rotatable bonds is 5. The molecule has 194 valence electrons. The van der Waals surface area contributed by atoms with E-state index in [9.17, 15) is 14.9 Å². The van der Waals surface area contributed by atoms with Crippen molar-refractivity contribution in [2.75, 3.05) is 31.6 Å². The summed E-state index contributed by atoms with van der Waals surface area (Å²) >= 11 is 0. The van der Waals surface area contributed by atoms with E-state index in [2.05, 4.69) is 10.6 Å². The lowest BCUT2D eigenvalue weighted by molar-refractivity contribution is -0.385. The molecule has 3 aliphatic rings. The summed E-state index contributed by atoms with van der Waals surface area (Å²) in [5.74, 6) is 1.70. The molecule has 10 heteroatoms. The highest BCUT2D eigenvalue weighted by Crippen LogP contribution is 2.48. The smallest absolute Gasteiger partial charge is 0.279 e. The molecule has 6 rings (SSSR count). The average molecular weight is 516 g/mol. The Hall–Kier alpha value is -4.73. The Morgan fingerprint density at radius 1 is 0.947 bits per heavy atom. The predicted octanol–water partition coefficient (Wildman–Crippen LogP) is 5.32. The van der Waals surface area contributed by atoms with Gasteiger partial charge in [-0.1, -0.05) is 18.2 Å². The van der Waals surface area contributed by atoms with Gasteiger partial charge in [-0.25, -0.2) is 0 Å². The highest BCUT2D eigenvalue weighted by Gasteiger charge is 2.39. The van der Waals surface area contributed by atoms with Crippen LogP contribution >= 0.6 is 0 Å². The molecule has 3 aromatic carbocycles. The summed E-state index contributed by atoms with van der Waals surface area (Å²) in [6.07, 6.45) is 0.768. The number of hydrogen-bond acceptors (Lipinski definition) is 9.